The smallest absolute Gasteiger partial charge is 0.224 e. The average Bonchev–Trinajstić information content (AvgIpc) is 3.05. The monoisotopic (exact) mass is 295 g/mol. The van der Waals surface area contributed by atoms with E-state index in [2.05, 4.69) is 32.2 Å². The van der Waals surface area contributed by atoms with Gasteiger partial charge in [0.2, 0.25) is 5.28 Å². The number of halogens is 1. The van der Waals surface area contributed by atoms with E-state index in [9.17, 15) is 0 Å². The number of nitrogens with one attached hydrogen (secondary N) is 2. The molecule has 19 heavy (non-hydrogen) atoms. The van der Waals surface area contributed by atoms with Crippen LogP contribution in [0.3, 0.4) is 0 Å². The van der Waals surface area contributed by atoms with Crippen LogP contribution in [0.2, 0.25) is 5.28 Å². The number of anilines is 1. The first-order chi connectivity index (χ1) is 9.28. The Hall–Kier alpha value is -1.27. The number of H-pyrrole nitrogens is 1. The van der Waals surface area contributed by atoms with Crippen LogP contribution in [0.1, 0.15) is 30.9 Å². The van der Waals surface area contributed by atoms with Crippen molar-refractivity contribution < 1.29 is 0 Å². The molecule has 0 amide bonds. The number of aromatic amines is 1. The lowest BCUT2D eigenvalue weighted by atomic mass is 10.2. The molecule has 0 bridgehead atoms. The van der Waals surface area contributed by atoms with E-state index in [4.69, 9.17) is 11.6 Å². The zero-order valence-corrected chi connectivity index (χ0v) is 12.1. The zero-order valence-electron chi connectivity index (χ0n) is 10.5. The maximum absolute atomic E-state index is 5.99. The van der Waals surface area contributed by atoms with Gasteiger partial charge in [-0.05, 0) is 18.0 Å². The summed E-state index contributed by atoms with van der Waals surface area (Å²) in [7, 11) is 0. The number of aromatic nitrogens is 4. The SMILES string of the molecule is CCC(Nc1nc(Cl)nc2c1SCC2)c1ncc[nH]1. The highest BCUT2D eigenvalue weighted by molar-refractivity contribution is 7.99. The Morgan fingerprint density at radius 2 is 2.42 bits per heavy atom. The first-order valence-corrected chi connectivity index (χ1v) is 7.59. The van der Waals surface area contributed by atoms with Gasteiger partial charge in [0.15, 0.2) is 0 Å². The molecule has 0 aliphatic carbocycles. The van der Waals surface area contributed by atoms with E-state index < -0.39 is 0 Å². The molecule has 1 aliphatic rings. The number of nitrogens with zero attached hydrogens (tertiary/aromatic N) is 3. The number of hydrogen-bond acceptors (Lipinski definition) is 5. The summed E-state index contributed by atoms with van der Waals surface area (Å²) in [6, 6.07) is 0.103. The molecule has 3 rings (SSSR count). The summed E-state index contributed by atoms with van der Waals surface area (Å²) in [5.41, 5.74) is 1.04. The maximum atomic E-state index is 5.99. The summed E-state index contributed by atoms with van der Waals surface area (Å²) in [6.45, 7) is 2.11. The van der Waals surface area contributed by atoms with Crippen LogP contribution in [0, 0.1) is 0 Å². The molecule has 1 aliphatic heterocycles. The number of rotatable bonds is 4. The van der Waals surface area contributed by atoms with E-state index >= 15 is 0 Å². The number of hydrogen-bond donors (Lipinski definition) is 2. The molecule has 0 aromatic carbocycles. The van der Waals surface area contributed by atoms with Crippen LogP contribution in [-0.2, 0) is 6.42 Å². The van der Waals surface area contributed by atoms with Gasteiger partial charge in [-0.3, -0.25) is 0 Å². The van der Waals surface area contributed by atoms with Gasteiger partial charge in [-0.25, -0.2) is 9.97 Å². The highest BCUT2D eigenvalue weighted by Gasteiger charge is 2.22. The topological polar surface area (TPSA) is 66.5 Å². The fraction of sp³-hybridized carbons (Fsp3) is 0.417. The van der Waals surface area contributed by atoms with Crippen molar-refractivity contribution in [3.63, 3.8) is 0 Å². The van der Waals surface area contributed by atoms with Crippen LogP contribution in [0.5, 0.6) is 0 Å². The van der Waals surface area contributed by atoms with Crippen molar-refractivity contribution in [3.05, 3.63) is 29.2 Å². The lowest BCUT2D eigenvalue weighted by molar-refractivity contribution is 0.696. The summed E-state index contributed by atoms with van der Waals surface area (Å²) >= 11 is 7.76. The number of imidazole rings is 1. The van der Waals surface area contributed by atoms with Gasteiger partial charge in [0.25, 0.3) is 0 Å². The van der Waals surface area contributed by atoms with Gasteiger partial charge < -0.3 is 10.3 Å². The summed E-state index contributed by atoms with van der Waals surface area (Å²) in [5.74, 6) is 2.77. The second-order valence-corrected chi connectivity index (χ2v) is 5.74. The van der Waals surface area contributed by atoms with Crippen LogP contribution in [-0.4, -0.2) is 25.7 Å². The molecule has 2 aromatic rings. The van der Waals surface area contributed by atoms with Crippen molar-refractivity contribution >= 4 is 29.2 Å². The predicted molar refractivity (Wildman–Crippen MR) is 76.7 cm³/mol. The Kier molecular flexibility index (Phi) is 3.61. The van der Waals surface area contributed by atoms with Crippen molar-refractivity contribution in [1.82, 2.24) is 19.9 Å². The fourth-order valence-corrected chi connectivity index (χ4v) is 3.37. The first-order valence-electron chi connectivity index (χ1n) is 6.23. The Morgan fingerprint density at radius 3 is 3.16 bits per heavy atom. The Bertz CT molecular complexity index is 572. The van der Waals surface area contributed by atoms with Gasteiger partial charge in [0, 0.05) is 24.6 Å². The van der Waals surface area contributed by atoms with Crippen molar-refractivity contribution in [2.45, 2.75) is 30.7 Å². The molecule has 0 fully saturated rings. The van der Waals surface area contributed by atoms with E-state index in [1.807, 2.05) is 6.20 Å². The normalized spacial score (nSPS) is 15.3. The number of aryl methyl sites for hydroxylation is 1. The minimum absolute atomic E-state index is 0.103. The molecular weight excluding hydrogens is 282 g/mol. The largest absolute Gasteiger partial charge is 0.359 e. The van der Waals surface area contributed by atoms with Crippen LogP contribution in [0.25, 0.3) is 0 Å². The van der Waals surface area contributed by atoms with Crippen LogP contribution in [0.15, 0.2) is 17.3 Å². The van der Waals surface area contributed by atoms with E-state index in [1.54, 1.807) is 18.0 Å². The summed E-state index contributed by atoms with van der Waals surface area (Å²) < 4.78 is 0. The van der Waals surface area contributed by atoms with Gasteiger partial charge in [-0.15, -0.1) is 11.8 Å². The molecule has 0 spiro atoms. The second-order valence-electron chi connectivity index (χ2n) is 4.30. The van der Waals surface area contributed by atoms with Crippen molar-refractivity contribution in [1.29, 1.82) is 0 Å². The molecule has 1 unspecified atom stereocenters. The van der Waals surface area contributed by atoms with Crippen molar-refractivity contribution in [2.75, 3.05) is 11.1 Å². The standard InChI is InChI=1S/C12H14ClN5S/c1-2-7(10-14-4-5-15-10)16-11-9-8(3-6-19-9)17-12(13)18-11/h4-5,7H,2-3,6H2,1H3,(H,14,15)(H,16,17,18). The van der Waals surface area contributed by atoms with Gasteiger partial charge >= 0.3 is 0 Å². The van der Waals surface area contributed by atoms with E-state index in [1.165, 1.54) is 0 Å². The van der Waals surface area contributed by atoms with E-state index in [0.717, 1.165) is 40.8 Å². The highest BCUT2D eigenvalue weighted by atomic mass is 35.5. The molecule has 2 aromatic heterocycles. The summed E-state index contributed by atoms with van der Waals surface area (Å²) in [4.78, 5) is 17.2. The lowest BCUT2D eigenvalue weighted by Crippen LogP contribution is -2.13. The van der Waals surface area contributed by atoms with Crippen LogP contribution >= 0.6 is 23.4 Å². The fourth-order valence-electron chi connectivity index (χ4n) is 2.13. The lowest BCUT2D eigenvalue weighted by Gasteiger charge is -2.17. The molecular formula is C12H14ClN5S. The number of thioether (sulfide) groups is 1. The summed E-state index contributed by atoms with van der Waals surface area (Å²) in [5, 5.41) is 3.73. The molecule has 0 saturated carbocycles. The molecule has 2 N–H and O–H groups in total. The second kappa shape index (κ2) is 5.38. The van der Waals surface area contributed by atoms with Gasteiger partial charge in [0.05, 0.1) is 16.6 Å². The van der Waals surface area contributed by atoms with E-state index in [0.29, 0.717) is 5.28 Å². The minimum atomic E-state index is 0.103. The zero-order chi connectivity index (χ0) is 13.2. The van der Waals surface area contributed by atoms with Gasteiger partial charge in [-0.1, -0.05) is 6.92 Å². The van der Waals surface area contributed by atoms with Gasteiger partial charge in [0.1, 0.15) is 11.6 Å². The predicted octanol–water partition coefficient (Wildman–Crippen LogP) is 3.06. The Balaban J connectivity index is 1.90. The van der Waals surface area contributed by atoms with Crippen molar-refractivity contribution in [2.24, 2.45) is 0 Å². The third-order valence-electron chi connectivity index (χ3n) is 3.06. The molecule has 3 heterocycles. The third-order valence-corrected chi connectivity index (χ3v) is 4.36. The summed E-state index contributed by atoms with van der Waals surface area (Å²) in [6.07, 6.45) is 5.45. The molecule has 0 saturated heterocycles. The van der Waals surface area contributed by atoms with Crippen LogP contribution < -0.4 is 5.32 Å². The Morgan fingerprint density at radius 1 is 1.53 bits per heavy atom. The Labute approximate surface area is 120 Å². The molecule has 7 heteroatoms. The van der Waals surface area contributed by atoms with Crippen LogP contribution in [0.4, 0.5) is 5.82 Å². The molecule has 0 radical (unpaired) electrons. The average molecular weight is 296 g/mol. The van der Waals surface area contributed by atoms with E-state index in [-0.39, 0.29) is 6.04 Å². The quantitative estimate of drug-likeness (QED) is 0.849. The van der Waals surface area contributed by atoms with Crippen molar-refractivity contribution in [3.8, 4) is 0 Å². The maximum Gasteiger partial charge on any atom is 0.224 e. The number of fused-ring (bicyclic) bond motifs is 1. The highest BCUT2D eigenvalue weighted by Crippen LogP contribution is 2.37. The molecule has 100 valence electrons. The van der Waals surface area contributed by atoms with Gasteiger partial charge in [-0.2, -0.15) is 4.98 Å². The minimum Gasteiger partial charge on any atom is -0.359 e. The third kappa shape index (κ3) is 2.55. The molecule has 5 nitrogen and oxygen atoms in total. The first kappa shape index (κ1) is 12.7. The molecule has 1 atom stereocenters.